The largest absolute Gasteiger partial charge is 0.374 e. The molecule has 7 nitrogen and oxygen atoms in total. The van der Waals surface area contributed by atoms with Crippen LogP contribution < -0.4 is 16.0 Å². The first-order valence-electron chi connectivity index (χ1n) is 6.43. The van der Waals surface area contributed by atoms with Gasteiger partial charge in [0.05, 0.1) is 6.61 Å². The molecule has 0 aliphatic heterocycles. The molecule has 0 radical (unpaired) electrons. The number of nitrogen functional groups attached to an aromatic ring is 1. The van der Waals surface area contributed by atoms with Gasteiger partial charge in [0.1, 0.15) is 6.61 Å². The summed E-state index contributed by atoms with van der Waals surface area (Å²) in [6.45, 7) is 5.33. The number of aromatic nitrogens is 3. The molecule has 1 heterocycles. The Morgan fingerprint density at radius 1 is 1.25 bits per heavy atom. The summed E-state index contributed by atoms with van der Waals surface area (Å²) in [4.78, 5) is 14.1. The predicted octanol–water partition coefficient (Wildman–Crippen LogP) is 0.994. The average Bonchev–Trinajstić information content (AvgIpc) is 2.39. The van der Waals surface area contributed by atoms with Gasteiger partial charge in [-0.3, -0.25) is 0 Å². The van der Waals surface area contributed by atoms with Gasteiger partial charge in [0.25, 0.3) is 6.43 Å². The highest BCUT2D eigenvalue weighted by atomic mass is 19.3. The molecule has 1 rings (SSSR count). The molecule has 3 N–H and O–H groups in total. The predicted molar refractivity (Wildman–Crippen MR) is 73.1 cm³/mol. The maximum atomic E-state index is 11.9. The minimum atomic E-state index is -2.46. The first-order valence-corrected chi connectivity index (χ1v) is 6.43. The normalized spacial score (nSPS) is 10.8. The lowest BCUT2D eigenvalue weighted by Gasteiger charge is -2.19. The van der Waals surface area contributed by atoms with Crippen LogP contribution >= 0.6 is 0 Å². The van der Waals surface area contributed by atoms with Gasteiger partial charge in [-0.2, -0.15) is 15.0 Å². The molecule has 114 valence electrons. The molecule has 0 atom stereocenters. The standard InChI is InChI=1S/C11H20F2N6O/c1-3-19(4-2)11-17-9(14)16-10(18-11)15-5-6-20-7-8(12)13/h8H,3-7H2,1-2H3,(H3,14,15,16,17,18). The van der Waals surface area contributed by atoms with E-state index in [2.05, 4.69) is 20.3 Å². The van der Waals surface area contributed by atoms with Crippen LogP contribution in [-0.2, 0) is 4.74 Å². The lowest BCUT2D eigenvalue weighted by molar-refractivity contribution is 0.0214. The van der Waals surface area contributed by atoms with Gasteiger partial charge in [-0.05, 0) is 13.8 Å². The average molecular weight is 290 g/mol. The van der Waals surface area contributed by atoms with Crippen LogP contribution in [0.4, 0.5) is 26.6 Å². The number of hydrogen-bond donors (Lipinski definition) is 2. The Balaban J connectivity index is 2.53. The van der Waals surface area contributed by atoms with Crippen molar-refractivity contribution >= 4 is 17.8 Å². The number of nitrogens with one attached hydrogen (secondary N) is 1. The van der Waals surface area contributed by atoms with Crippen molar-refractivity contribution in [3.05, 3.63) is 0 Å². The molecule has 0 saturated heterocycles. The van der Waals surface area contributed by atoms with Crippen LogP contribution in [0.1, 0.15) is 13.8 Å². The van der Waals surface area contributed by atoms with Crippen LogP contribution in [0.5, 0.6) is 0 Å². The van der Waals surface area contributed by atoms with E-state index in [9.17, 15) is 8.78 Å². The number of anilines is 3. The summed E-state index contributed by atoms with van der Waals surface area (Å²) in [6, 6.07) is 0. The lowest BCUT2D eigenvalue weighted by atomic mass is 10.5. The fourth-order valence-electron chi connectivity index (χ4n) is 1.52. The zero-order chi connectivity index (χ0) is 15.0. The number of alkyl halides is 2. The van der Waals surface area contributed by atoms with Crippen molar-refractivity contribution in [1.82, 2.24) is 15.0 Å². The second-order valence-electron chi connectivity index (χ2n) is 3.88. The van der Waals surface area contributed by atoms with E-state index in [4.69, 9.17) is 10.5 Å². The molecule has 0 aromatic carbocycles. The van der Waals surface area contributed by atoms with Crippen molar-refractivity contribution in [2.45, 2.75) is 20.3 Å². The summed E-state index contributed by atoms with van der Waals surface area (Å²) in [5.74, 6) is 0.899. The summed E-state index contributed by atoms with van der Waals surface area (Å²) in [6.07, 6.45) is -2.46. The first-order chi connectivity index (χ1) is 9.56. The second-order valence-corrected chi connectivity index (χ2v) is 3.88. The molecular weight excluding hydrogens is 270 g/mol. The summed E-state index contributed by atoms with van der Waals surface area (Å²) >= 11 is 0. The molecule has 0 fully saturated rings. The third-order valence-electron chi connectivity index (χ3n) is 2.46. The molecule has 0 unspecified atom stereocenters. The molecular formula is C11H20F2N6O. The minimum absolute atomic E-state index is 0.109. The molecule has 0 saturated carbocycles. The molecule has 20 heavy (non-hydrogen) atoms. The summed E-state index contributed by atoms with van der Waals surface area (Å²) in [5.41, 5.74) is 5.62. The van der Waals surface area contributed by atoms with Crippen LogP contribution in [0, 0.1) is 0 Å². The summed E-state index contributed by atoms with van der Waals surface area (Å²) in [7, 11) is 0. The number of rotatable bonds is 9. The number of ether oxygens (including phenoxy) is 1. The van der Waals surface area contributed by atoms with E-state index in [1.54, 1.807) is 0 Å². The minimum Gasteiger partial charge on any atom is -0.374 e. The topological polar surface area (TPSA) is 89.2 Å². The zero-order valence-corrected chi connectivity index (χ0v) is 11.6. The highest BCUT2D eigenvalue weighted by Crippen LogP contribution is 2.11. The van der Waals surface area contributed by atoms with Crippen molar-refractivity contribution < 1.29 is 13.5 Å². The monoisotopic (exact) mass is 290 g/mol. The Bertz CT molecular complexity index is 402. The van der Waals surface area contributed by atoms with Crippen molar-refractivity contribution in [2.24, 2.45) is 0 Å². The van der Waals surface area contributed by atoms with E-state index in [0.29, 0.717) is 18.4 Å². The van der Waals surface area contributed by atoms with E-state index < -0.39 is 13.0 Å². The van der Waals surface area contributed by atoms with Gasteiger partial charge >= 0.3 is 0 Å². The zero-order valence-electron chi connectivity index (χ0n) is 11.6. The van der Waals surface area contributed by atoms with E-state index in [1.807, 2.05) is 18.7 Å². The van der Waals surface area contributed by atoms with Crippen LogP contribution in [0.15, 0.2) is 0 Å². The van der Waals surface area contributed by atoms with Gasteiger partial charge in [-0.1, -0.05) is 0 Å². The van der Waals surface area contributed by atoms with Crippen molar-refractivity contribution in [2.75, 3.05) is 48.8 Å². The van der Waals surface area contributed by atoms with Crippen molar-refractivity contribution in [1.29, 1.82) is 0 Å². The highest BCUT2D eigenvalue weighted by molar-refractivity contribution is 5.41. The lowest BCUT2D eigenvalue weighted by Crippen LogP contribution is -2.25. The van der Waals surface area contributed by atoms with Gasteiger partial charge in [0, 0.05) is 19.6 Å². The number of halogens is 2. The maximum absolute atomic E-state index is 11.9. The van der Waals surface area contributed by atoms with Crippen LogP contribution in [0.3, 0.4) is 0 Å². The number of nitrogens with zero attached hydrogens (tertiary/aromatic N) is 4. The second kappa shape index (κ2) is 8.41. The van der Waals surface area contributed by atoms with Gasteiger partial charge in [0.15, 0.2) is 0 Å². The third-order valence-corrected chi connectivity index (χ3v) is 2.46. The first kappa shape index (κ1) is 16.3. The van der Waals surface area contributed by atoms with E-state index in [0.717, 1.165) is 13.1 Å². The third kappa shape index (κ3) is 5.47. The van der Waals surface area contributed by atoms with Crippen LogP contribution in [0.2, 0.25) is 0 Å². The molecule has 0 spiro atoms. The molecule has 0 amide bonds. The molecule has 0 bridgehead atoms. The molecule has 0 aliphatic rings. The van der Waals surface area contributed by atoms with E-state index >= 15 is 0 Å². The van der Waals surface area contributed by atoms with E-state index in [1.165, 1.54) is 0 Å². The highest BCUT2D eigenvalue weighted by Gasteiger charge is 2.09. The van der Waals surface area contributed by atoms with Gasteiger partial charge in [-0.15, -0.1) is 0 Å². The Hall–Kier alpha value is -1.77. The Kier molecular flexibility index (Phi) is 6.85. The summed E-state index contributed by atoms with van der Waals surface area (Å²) < 4.78 is 28.5. The smallest absolute Gasteiger partial charge is 0.261 e. The van der Waals surface area contributed by atoms with Gasteiger partial charge in [0.2, 0.25) is 17.8 Å². The van der Waals surface area contributed by atoms with Crippen LogP contribution in [-0.4, -0.2) is 54.2 Å². The van der Waals surface area contributed by atoms with Crippen molar-refractivity contribution in [3.8, 4) is 0 Å². The fourth-order valence-corrected chi connectivity index (χ4v) is 1.52. The van der Waals surface area contributed by atoms with Gasteiger partial charge in [-0.25, -0.2) is 8.78 Å². The quantitative estimate of drug-likeness (QED) is 0.656. The fraction of sp³-hybridized carbons (Fsp3) is 0.727. The van der Waals surface area contributed by atoms with Gasteiger partial charge < -0.3 is 20.7 Å². The van der Waals surface area contributed by atoms with E-state index in [-0.39, 0.29) is 12.6 Å². The molecule has 1 aromatic heterocycles. The number of nitrogens with two attached hydrogens (primary N) is 1. The maximum Gasteiger partial charge on any atom is 0.261 e. The molecule has 1 aromatic rings. The van der Waals surface area contributed by atoms with Crippen LogP contribution in [0.25, 0.3) is 0 Å². The van der Waals surface area contributed by atoms with Crippen molar-refractivity contribution in [3.63, 3.8) is 0 Å². The Morgan fingerprint density at radius 2 is 1.95 bits per heavy atom. The SMILES string of the molecule is CCN(CC)c1nc(N)nc(NCCOCC(F)F)n1. The Morgan fingerprint density at radius 3 is 2.55 bits per heavy atom. The molecule has 0 aliphatic carbocycles. The summed E-state index contributed by atoms with van der Waals surface area (Å²) in [5, 5.41) is 2.86. The Labute approximate surface area is 116 Å². The molecule has 9 heteroatoms. The number of hydrogen-bond acceptors (Lipinski definition) is 7.